The van der Waals surface area contributed by atoms with E-state index in [-0.39, 0.29) is 6.04 Å². The Morgan fingerprint density at radius 3 is 2.45 bits per heavy atom. The van der Waals surface area contributed by atoms with Crippen molar-refractivity contribution in [2.24, 2.45) is 0 Å². The Morgan fingerprint density at radius 2 is 1.95 bits per heavy atom. The fourth-order valence-corrected chi connectivity index (χ4v) is 2.67. The molecule has 0 N–H and O–H groups in total. The van der Waals surface area contributed by atoms with Crippen LogP contribution in [0.3, 0.4) is 0 Å². The average Bonchev–Trinajstić information content (AvgIpc) is 2.89. The number of rotatable bonds is 6. The first kappa shape index (κ1) is 16.8. The monoisotopic (exact) mass is 370 g/mol. The van der Waals surface area contributed by atoms with E-state index in [4.69, 9.17) is 9.47 Å². The fraction of sp³-hybridized carbons (Fsp3) is 0.438. The summed E-state index contributed by atoms with van der Waals surface area (Å²) in [4.78, 5) is 0. The van der Waals surface area contributed by atoms with Crippen molar-refractivity contribution in [3.63, 3.8) is 0 Å². The molecule has 0 aliphatic heterocycles. The molecule has 1 aromatic carbocycles. The van der Waals surface area contributed by atoms with E-state index in [0.29, 0.717) is 17.9 Å². The number of methoxy groups -OCH3 is 2. The zero-order valence-electron chi connectivity index (χ0n) is 13.1. The maximum atomic E-state index is 14.2. The van der Waals surface area contributed by atoms with Gasteiger partial charge in [-0.1, -0.05) is 6.07 Å². The highest BCUT2D eigenvalue weighted by Gasteiger charge is 2.26. The molecule has 0 saturated heterocycles. The lowest BCUT2D eigenvalue weighted by Gasteiger charge is -2.24. The van der Waals surface area contributed by atoms with E-state index < -0.39 is 5.67 Å². The van der Waals surface area contributed by atoms with Gasteiger partial charge in [0.2, 0.25) is 0 Å². The molecule has 0 aliphatic rings. The molecule has 22 heavy (non-hydrogen) atoms. The Balaban J connectivity index is 2.44. The Kier molecular flexibility index (Phi) is 5.11. The Labute approximate surface area is 138 Å². The molecule has 4 nitrogen and oxygen atoms in total. The Hall–Kier alpha value is -1.56. The van der Waals surface area contributed by atoms with E-state index in [2.05, 4.69) is 21.0 Å². The van der Waals surface area contributed by atoms with E-state index in [1.54, 1.807) is 38.9 Å². The van der Waals surface area contributed by atoms with Crippen molar-refractivity contribution in [3.8, 4) is 11.5 Å². The maximum Gasteiger partial charge on any atom is 0.161 e. The molecule has 1 atom stereocenters. The maximum absolute atomic E-state index is 14.2. The molecule has 2 rings (SSSR count). The topological polar surface area (TPSA) is 36.3 Å². The van der Waals surface area contributed by atoms with Crippen LogP contribution in [0.25, 0.3) is 0 Å². The van der Waals surface area contributed by atoms with Crippen LogP contribution in [0.4, 0.5) is 4.39 Å². The normalized spacial score (nSPS) is 13.0. The van der Waals surface area contributed by atoms with Crippen molar-refractivity contribution in [3.05, 3.63) is 40.6 Å². The highest BCUT2D eigenvalue weighted by atomic mass is 79.9. The first-order valence-electron chi connectivity index (χ1n) is 6.94. The molecular weight excluding hydrogens is 351 g/mol. The number of nitrogens with zero attached hydrogens (tertiary/aromatic N) is 2. The van der Waals surface area contributed by atoms with Crippen LogP contribution < -0.4 is 9.47 Å². The molecule has 0 aliphatic carbocycles. The van der Waals surface area contributed by atoms with Gasteiger partial charge in [-0.15, -0.1) is 0 Å². The number of hydrogen-bond acceptors (Lipinski definition) is 3. The van der Waals surface area contributed by atoms with Gasteiger partial charge in [-0.05, 0) is 47.5 Å². The number of ether oxygens (including phenoxy) is 2. The largest absolute Gasteiger partial charge is 0.493 e. The summed E-state index contributed by atoms with van der Waals surface area (Å²) in [6.07, 6.45) is 3.84. The van der Waals surface area contributed by atoms with E-state index in [1.165, 1.54) is 0 Å². The third-order valence-corrected chi connectivity index (χ3v) is 3.77. The van der Waals surface area contributed by atoms with Crippen LogP contribution in [0.5, 0.6) is 11.5 Å². The summed E-state index contributed by atoms with van der Waals surface area (Å²) >= 11 is 3.38. The summed E-state index contributed by atoms with van der Waals surface area (Å²) in [5, 5.41) is 4.31. The SMILES string of the molecule is COc1ccc(C(CC(C)(C)F)n2cc(Br)cn2)cc1OC. The van der Waals surface area contributed by atoms with Crippen LogP contribution in [0.2, 0.25) is 0 Å². The van der Waals surface area contributed by atoms with E-state index in [1.807, 2.05) is 24.4 Å². The molecular formula is C16H20BrFN2O2. The quantitative estimate of drug-likeness (QED) is 0.756. The number of hydrogen-bond donors (Lipinski definition) is 0. The molecule has 120 valence electrons. The molecule has 0 fully saturated rings. The number of halogens is 2. The molecule has 0 bridgehead atoms. The van der Waals surface area contributed by atoms with Gasteiger partial charge in [0, 0.05) is 12.6 Å². The van der Waals surface area contributed by atoms with Gasteiger partial charge in [0.25, 0.3) is 0 Å². The van der Waals surface area contributed by atoms with E-state index >= 15 is 0 Å². The van der Waals surface area contributed by atoms with Crippen LogP contribution in [0.1, 0.15) is 31.9 Å². The zero-order valence-corrected chi connectivity index (χ0v) is 14.7. The summed E-state index contributed by atoms with van der Waals surface area (Å²) in [7, 11) is 3.17. The smallest absolute Gasteiger partial charge is 0.161 e. The minimum atomic E-state index is -1.32. The molecule has 1 heterocycles. The van der Waals surface area contributed by atoms with Crippen LogP contribution in [0, 0.1) is 0 Å². The fourth-order valence-electron chi connectivity index (χ4n) is 2.37. The van der Waals surface area contributed by atoms with Gasteiger partial charge in [-0.25, -0.2) is 4.39 Å². The predicted octanol–water partition coefficient (Wildman–Crippen LogP) is 4.39. The third-order valence-electron chi connectivity index (χ3n) is 3.36. The van der Waals surface area contributed by atoms with E-state index in [9.17, 15) is 4.39 Å². The van der Waals surface area contributed by atoms with Gasteiger partial charge in [0.15, 0.2) is 11.5 Å². The molecule has 1 unspecified atom stereocenters. The second-order valence-electron chi connectivity index (χ2n) is 5.69. The summed E-state index contributed by atoms with van der Waals surface area (Å²) in [5.74, 6) is 1.26. The van der Waals surface area contributed by atoms with E-state index in [0.717, 1.165) is 10.0 Å². The van der Waals surface area contributed by atoms with Gasteiger partial charge in [-0.3, -0.25) is 4.68 Å². The molecule has 0 spiro atoms. The second-order valence-corrected chi connectivity index (χ2v) is 6.61. The standard InChI is InChI=1S/C16H20BrFN2O2/c1-16(2,18)8-13(20-10-12(17)9-19-20)11-5-6-14(21-3)15(7-11)22-4/h5-7,9-10,13H,8H2,1-4H3. The highest BCUT2D eigenvalue weighted by Crippen LogP contribution is 2.35. The minimum absolute atomic E-state index is 0.230. The number of aromatic nitrogens is 2. The second kappa shape index (κ2) is 6.69. The first-order chi connectivity index (χ1) is 10.3. The predicted molar refractivity (Wildman–Crippen MR) is 87.4 cm³/mol. The lowest BCUT2D eigenvalue weighted by molar-refractivity contribution is 0.176. The van der Waals surface area contributed by atoms with Crippen LogP contribution >= 0.6 is 15.9 Å². The molecule has 6 heteroatoms. The van der Waals surface area contributed by atoms with Gasteiger partial charge in [-0.2, -0.15) is 5.10 Å². The van der Waals surface area contributed by atoms with Crippen LogP contribution in [-0.2, 0) is 0 Å². The van der Waals surface area contributed by atoms with Gasteiger partial charge < -0.3 is 9.47 Å². The van der Waals surface area contributed by atoms with Crippen molar-refractivity contribution in [1.29, 1.82) is 0 Å². The molecule has 0 saturated carbocycles. The zero-order chi connectivity index (χ0) is 16.3. The Morgan fingerprint density at radius 1 is 1.27 bits per heavy atom. The first-order valence-corrected chi connectivity index (χ1v) is 7.74. The van der Waals surface area contributed by atoms with Crippen molar-refractivity contribution >= 4 is 15.9 Å². The van der Waals surface area contributed by atoms with Crippen molar-refractivity contribution < 1.29 is 13.9 Å². The van der Waals surface area contributed by atoms with Gasteiger partial charge >= 0.3 is 0 Å². The average molecular weight is 371 g/mol. The van der Waals surface area contributed by atoms with Crippen molar-refractivity contribution in [2.45, 2.75) is 32.0 Å². The highest BCUT2D eigenvalue weighted by molar-refractivity contribution is 9.10. The number of alkyl halides is 1. The summed E-state index contributed by atoms with van der Waals surface area (Å²) < 4.78 is 27.4. The van der Waals surface area contributed by atoms with Crippen LogP contribution in [0.15, 0.2) is 35.1 Å². The van der Waals surface area contributed by atoms with Crippen LogP contribution in [-0.4, -0.2) is 29.7 Å². The minimum Gasteiger partial charge on any atom is -0.493 e. The van der Waals surface area contributed by atoms with Gasteiger partial charge in [0.1, 0.15) is 5.67 Å². The van der Waals surface area contributed by atoms with Gasteiger partial charge in [0.05, 0.1) is 30.9 Å². The van der Waals surface area contributed by atoms with Crippen molar-refractivity contribution in [2.75, 3.05) is 14.2 Å². The molecule has 0 radical (unpaired) electrons. The molecule has 0 amide bonds. The summed E-state index contributed by atoms with van der Waals surface area (Å²) in [6.45, 7) is 3.14. The molecule has 2 aromatic rings. The third kappa shape index (κ3) is 4.00. The summed E-state index contributed by atoms with van der Waals surface area (Å²) in [5.41, 5.74) is -0.407. The Bertz CT molecular complexity index is 637. The van der Waals surface area contributed by atoms with Crippen molar-refractivity contribution in [1.82, 2.24) is 9.78 Å². The number of benzene rings is 1. The lowest BCUT2D eigenvalue weighted by atomic mass is 9.95. The molecule has 1 aromatic heterocycles. The lowest BCUT2D eigenvalue weighted by Crippen LogP contribution is -2.22. The summed E-state index contributed by atoms with van der Waals surface area (Å²) in [6, 6.07) is 5.37.